The molecule has 0 aliphatic carbocycles. The summed E-state index contributed by atoms with van der Waals surface area (Å²) in [5, 5.41) is 7.81. The van der Waals surface area contributed by atoms with Gasteiger partial charge in [0.25, 0.3) is 10.1 Å². The Morgan fingerprint density at radius 2 is 2.33 bits per heavy atom. The Morgan fingerprint density at radius 1 is 1.61 bits per heavy atom. The van der Waals surface area contributed by atoms with Crippen LogP contribution in [0.5, 0.6) is 0 Å². The second-order valence-corrected chi connectivity index (χ2v) is 5.56. The first-order valence-electron chi connectivity index (χ1n) is 5.37. The minimum Gasteiger partial charge on any atom is -0.289 e. The minimum absolute atomic E-state index is 0.279. The van der Waals surface area contributed by atoms with Gasteiger partial charge in [-0.25, -0.2) is 0 Å². The van der Waals surface area contributed by atoms with E-state index in [1.165, 1.54) is 0 Å². The molecule has 0 fully saturated rings. The third kappa shape index (κ3) is 5.77. The van der Waals surface area contributed by atoms with Crippen LogP contribution in [-0.4, -0.2) is 52.2 Å². The van der Waals surface area contributed by atoms with Gasteiger partial charge in [0.05, 0.1) is 18.0 Å². The lowest BCUT2D eigenvalue weighted by atomic mass is 10.4. The van der Waals surface area contributed by atoms with Crippen molar-refractivity contribution in [3.63, 3.8) is 0 Å². The zero-order valence-electron chi connectivity index (χ0n) is 10.2. The van der Waals surface area contributed by atoms with Crippen molar-refractivity contribution in [2.24, 2.45) is 0 Å². The molecule has 1 aromatic heterocycles. The van der Waals surface area contributed by atoms with E-state index in [0.29, 0.717) is 26.1 Å². The molecule has 1 aromatic rings. The summed E-state index contributed by atoms with van der Waals surface area (Å²) in [6, 6.07) is 0. The molecule has 18 heavy (non-hydrogen) atoms. The SMILES string of the molecule is C#CCN(C)Cc1cn(CCCS(=O)(=O)O)nn1. The summed E-state index contributed by atoms with van der Waals surface area (Å²) >= 11 is 0. The number of hydrogen-bond donors (Lipinski definition) is 1. The molecule has 0 saturated carbocycles. The maximum Gasteiger partial charge on any atom is 0.264 e. The van der Waals surface area contributed by atoms with Crippen molar-refractivity contribution in [1.82, 2.24) is 19.9 Å². The first-order valence-corrected chi connectivity index (χ1v) is 6.98. The quantitative estimate of drug-likeness (QED) is 0.538. The maximum atomic E-state index is 10.5. The average Bonchev–Trinajstić information content (AvgIpc) is 2.64. The van der Waals surface area contributed by atoms with Crippen LogP contribution in [0.15, 0.2) is 6.20 Å². The first-order chi connectivity index (χ1) is 8.40. The fourth-order valence-corrected chi connectivity index (χ4v) is 1.91. The Hall–Kier alpha value is -1.43. The molecule has 1 N–H and O–H groups in total. The van der Waals surface area contributed by atoms with E-state index in [-0.39, 0.29) is 5.75 Å². The Kier molecular flexibility index (Phi) is 5.27. The Morgan fingerprint density at radius 3 is 2.94 bits per heavy atom. The molecule has 0 spiro atoms. The molecule has 8 heteroatoms. The van der Waals surface area contributed by atoms with Gasteiger partial charge in [-0.05, 0) is 13.5 Å². The number of aromatic nitrogens is 3. The molecule has 100 valence electrons. The van der Waals surface area contributed by atoms with Crippen LogP contribution in [0.4, 0.5) is 0 Å². The van der Waals surface area contributed by atoms with E-state index in [2.05, 4.69) is 16.2 Å². The Bertz CT molecular complexity index is 517. The molecule has 0 amide bonds. The summed E-state index contributed by atoms with van der Waals surface area (Å²) in [7, 11) is -2.03. The molecule has 0 aliphatic rings. The first kappa shape index (κ1) is 14.6. The third-order valence-electron chi connectivity index (χ3n) is 2.17. The van der Waals surface area contributed by atoms with E-state index in [1.807, 2.05) is 11.9 Å². The van der Waals surface area contributed by atoms with Crippen molar-refractivity contribution < 1.29 is 13.0 Å². The second kappa shape index (κ2) is 6.49. The van der Waals surface area contributed by atoms with E-state index in [1.54, 1.807) is 10.9 Å². The van der Waals surface area contributed by atoms with Crippen LogP contribution in [0.1, 0.15) is 12.1 Å². The van der Waals surface area contributed by atoms with Crippen LogP contribution < -0.4 is 0 Å². The predicted molar refractivity (Wildman–Crippen MR) is 66.2 cm³/mol. The van der Waals surface area contributed by atoms with E-state index in [0.717, 1.165) is 5.69 Å². The van der Waals surface area contributed by atoms with Gasteiger partial charge in [0, 0.05) is 19.3 Å². The van der Waals surface area contributed by atoms with Crippen molar-refractivity contribution in [1.29, 1.82) is 0 Å². The highest BCUT2D eigenvalue weighted by Gasteiger charge is 2.06. The average molecular weight is 272 g/mol. The fourth-order valence-electron chi connectivity index (χ4n) is 1.42. The van der Waals surface area contributed by atoms with E-state index >= 15 is 0 Å². The molecule has 1 rings (SSSR count). The molecule has 0 radical (unpaired) electrons. The molecule has 0 aromatic carbocycles. The van der Waals surface area contributed by atoms with E-state index < -0.39 is 10.1 Å². The van der Waals surface area contributed by atoms with Crippen molar-refractivity contribution in [2.75, 3.05) is 19.3 Å². The summed E-state index contributed by atoms with van der Waals surface area (Å²) in [6.45, 7) is 1.50. The fraction of sp³-hybridized carbons (Fsp3) is 0.600. The summed E-state index contributed by atoms with van der Waals surface area (Å²) in [6.07, 6.45) is 7.21. The monoisotopic (exact) mass is 272 g/mol. The van der Waals surface area contributed by atoms with Crippen LogP contribution in [0.2, 0.25) is 0 Å². The van der Waals surface area contributed by atoms with Gasteiger partial charge in [-0.15, -0.1) is 11.5 Å². The van der Waals surface area contributed by atoms with Crippen LogP contribution in [-0.2, 0) is 23.2 Å². The lowest BCUT2D eigenvalue weighted by Crippen LogP contribution is -2.17. The predicted octanol–water partition coefficient (Wildman–Crippen LogP) is -0.379. The van der Waals surface area contributed by atoms with Gasteiger partial charge in [-0.1, -0.05) is 11.1 Å². The molecule has 0 bridgehead atoms. The molecular formula is C10H16N4O3S. The lowest BCUT2D eigenvalue weighted by molar-refractivity contribution is 0.364. The summed E-state index contributed by atoms with van der Waals surface area (Å²) in [4.78, 5) is 1.91. The minimum atomic E-state index is -3.91. The van der Waals surface area contributed by atoms with Gasteiger partial charge in [0.15, 0.2) is 0 Å². The number of hydrogen-bond acceptors (Lipinski definition) is 5. The number of nitrogens with zero attached hydrogens (tertiary/aromatic N) is 4. The number of terminal acetylenes is 1. The van der Waals surface area contributed by atoms with Crippen molar-refractivity contribution in [2.45, 2.75) is 19.5 Å². The largest absolute Gasteiger partial charge is 0.289 e. The molecule has 0 aliphatic heterocycles. The van der Waals surface area contributed by atoms with Gasteiger partial charge in [0.2, 0.25) is 0 Å². The van der Waals surface area contributed by atoms with Crippen molar-refractivity contribution in [3.05, 3.63) is 11.9 Å². The van der Waals surface area contributed by atoms with Gasteiger partial charge in [-0.3, -0.25) is 14.1 Å². The normalized spacial score (nSPS) is 11.7. The molecule has 0 atom stereocenters. The zero-order chi connectivity index (χ0) is 13.6. The third-order valence-corrected chi connectivity index (χ3v) is 2.97. The van der Waals surface area contributed by atoms with Crippen LogP contribution >= 0.6 is 0 Å². The maximum absolute atomic E-state index is 10.5. The molecule has 0 saturated heterocycles. The molecule has 7 nitrogen and oxygen atoms in total. The molecule has 1 heterocycles. The topological polar surface area (TPSA) is 88.3 Å². The molecule has 0 unspecified atom stereocenters. The van der Waals surface area contributed by atoms with Gasteiger partial charge >= 0.3 is 0 Å². The standard InChI is InChI=1S/C10H16N4O3S/c1-3-5-13(2)8-10-9-14(12-11-10)6-4-7-18(15,16)17/h1,9H,4-8H2,2H3,(H,15,16,17). The Labute approximate surface area is 107 Å². The Balaban J connectivity index is 2.42. The van der Waals surface area contributed by atoms with Gasteiger partial charge in [0.1, 0.15) is 0 Å². The van der Waals surface area contributed by atoms with E-state index in [9.17, 15) is 8.42 Å². The highest BCUT2D eigenvalue weighted by Crippen LogP contribution is 1.99. The summed E-state index contributed by atoms with van der Waals surface area (Å²) in [5.41, 5.74) is 0.764. The second-order valence-electron chi connectivity index (χ2n) is 3.99. The van der Waals surface area contributed by atoms with Crippen LogP contribution in [0, 0.1) is 12.3 Å². The van der Waals surface area contributed by atoms with Gasteiger partial charge in [-0.2, -0.15) is 8.42 Å². The van der Waals surface area contributed by atoms with Crippen molar-refractivity contribution >= 4 is 10.1 Å². The van der Waals surface area contributed by atoms with Crippen LogP contribution in [0.3, 0.4) is 0 Å². The highest BCUT2D eigenvalue weighted by molar-refractivity contribution is 7.85. The molecular weight excluding hydrogens is 256 g/mol. The van der Waals surface area contributed by atoms with Crippen LogP contribution in [0.25, 0.3) is 0 Å². The van der Waals surface area contributed by atoms with E-state index in [4.69, 9.17) is 11.0 Å². The summed E-state index contributed by atoms with van der Waals surface area (Å²) in [5.74, 6) is 2.24. The van der Waals surface area contributed by atoms with Gasteiger partial charge < -0.3 is 0 Å². The zero-order valence-corrected chi connectivity index (χ0v) is 11.0. The number of rotatable bonds is 7. The smallest absolute Gasteiger partial charge is 0.264 e. The highest BCUT2D eigenvalue weighted by atomic mass is 32.2. The lowest BCUT2D eigenvalue weighted by Gasteiger charge is -2.09. The summed E-state index contributed by atoms with van der Waals surface area (Å²) < 4.78 is 31.2. The number of aryl methyl sites for hydroxylation is 1. The van der Waals surface area contributed by atoms with Crippen molar-refractivity contribution in [3.8, 4) is 12.3 Å².